The molecule has 0 radical (unpaired) electrons. The number of rotatable bonds is 6. The average molecular weight is 507 g/mol. The van der Waals surface area contributed by atoms with Gasteiger partial charge in [-0.2, -0.15) is 0 Å². The molecule has 3 aromatic rings. The maximum Gasteiger partial charge on any atom is 0.253 e. The van der Waals surface area contributed by atoms with E-state index in [4.69, 9.17) is 0 Å². The lowest BCUT2D eigenvalue weighted by atomic mass is 10.0. The highest BCUT2D eigenvalue weighted by atomic mass is 35.5. The molecule has 0 bridgehead atoms. The summed E-state index contributed by atoms with van der Waals surface area (Å²) < 4.78 is 52.3. The molecule has 0 saturated heterocycles. The molecule has 1 amide bonds. The van der Waals surface area contributed by atoms with Crippen LogP contribution in [0.5, 0.6) is 0 Å². The molecule has 0 N–H and O–H groups in total. The minimum absolute atomic E-state index is 0. The Balaban J connectivity index is 0.00000306. The van der Waals surface area contributed by atoms with Crippen molar-refractivity contribution in [3.05, 3.63) is 89.7 Å². The Labute approximate surface area is 199 Å². The van der Waals surface area contributed by atoms with Crippen LogP contribution in [0.1, 0.15) is 26.7 Å². The Bertz CT molecular complexity index is 1360. The molecule has 174 valence electrons. The molecule has 0 saturated carbocycles. The number of fused-ring (bicyclic) bond motifs is 1. The monoisotopic (exact) mass is 506 g/mol. The third kappa shape index (κ3) is 4.80. The molecule has 0 aliphatic carbocycles. The van der Waals surface area contributed by atoms with Crippen molar-refractivity contribution < 1.29 is 21.6 Å². The normalized spacial score (nSPS) is 16.5. The second kappa shape index (κ2) is 9.62. The first-order chi connectivity index (χ1) is 15.2. The summed E-state index contributed by atoms with van der Waals surface area (Å²) in [5.74, 6) is -1.00. The smallest absolute Gasteiger partial charge is 0.253 e. The first kappa shape index (κ1) is 24.9. The van der Waals surface area contributed by atoms with Crippen LogP contribution in [-0.2, 0) is 26.1 Å². The first-order valence-electron chi connectivity index (χ1n) is 10.0. The Hall–Kier alpha value is -2.75. The summed E-state index contributed by atoms with van der Waals surface area (Å²) in [6.07, 6.45) is 3.95. The largest absolute Gasteiger partial charge is 0.341 e. The zero-order valence-corrected chi connectivity index (χ0v) is 20.2. The van der Waals surface area contributed by atoms with Gasteiger partial charge in [-0.05, 0) is 42.3 Å². The highest BCUT2D eigenvalue weighted by molar-refractivity contribution is 7.96. The van der Waals surface area contributed by atoms with Crippen LogP contribution in [0.15, 0.2) is 82.8 Å². The fourth-order valence-corrected chi connectivity index (χ4v) is 8.25. The van der Waals surface area contributed by atoms with Gasteiger partial charge in [0.05, 0.1) is 15.5 Å². The molecule has 10 heteroatoms. The summed E-state index contributed by atoms with van der Waals surface area (Å²) in [4.78, 5) is 18.7. The number of benzene rings is 2. The molecule has 7 nitrogen and oxygen atoms in total. The summed E-state index contributed by atoms with van der Waals surface area (Å²) in [7, 11) is -6.25. The lowest BCUT2D eigenvalue weighted by Crippen LogP contribution is -2.30. The Morgan fingerprint density at radius 3 is 2.45 bits per heavy atom. The zero-order chi connectivity index (χ0) is 22.9. The minimum atomic E-state index is -4.02. The number of hydrogen-bond donors (Lipinski definition) is 0. The van der Waals surface area contributed by atoms with Crippen molar-refractivity contribution in [3.63, 3.8) is 0 Å². The van der Waals surface area contributed by atoms with Crippen molar-refractivity contribution in [1.29, 1.82) is 0 Å². The molecule has 1 aliphatic heterocycles. The van der Waals surface area contributed by atoms with Gasteiger partial charge in [0, 0.05) is 37.1 Å². The zero-order valence-electron chi connectivity index (χ0n) is 17.8. The van der Waals surface area contributed by atoms with Gasteiger partial charge in [0.1, 0.15) is 5.25 Å². The van der Waals surface area contributed by atoms with Gasteiger partial charge >= 0.3 is 0 Å². The van der Waals surface area contributed by atoms with E-state index >= 15 is 0 Å². The lowest BCUT2D eigenvalue weighted by molar-refractivity contribution is 0.0795. The molecule has 2 heterocycles. The third-order valence-electron chi connectivity index (χ3n) is 5.58. The van der Waals surface area contributed by atoms with E-state index in [0.717, 1.165) is 5.56 Å². The summed E-state index contributed by atoms with van der Waals surface area (Å²) in [5.41, 5.74) is 1.12. The van der Waals surface area contributed by atoms with Crippen molar-refractivity contribution >= 4 is 38.0 Å². The number of sulfone groups is 2. The van der Waals surface area contributed by atoms with Crippen LogP contribution in [0.25, 0.3) is 0 Å². The maximum atomic E-state index is 13.3. The van der Waals surface area contributed by atoms with Gasteiger partial charge < -0.3 is 4.90 Å². The van der Waals surface area contributed by atoms with E-state index in [9.17, 15) is 21.6 Å². The summed E-state index contributed by atoms with van der Waals surface area (Å²) in [6, 6.07) is 15.8. The van der Waals surface area contributed by atoms with Crippen molar-refractivity contribution in [2.75, 3.05) is 19.3 Å². The van der Waals surface area contributed by atoms with E-state index in [1.54, 1.807) is 37.6 Å². The van der Waals surface area contributed by atoms with Crippen LogP contribution in [-0.4, -0.2) is 52.0 Å². The van der Waals surface area contributed by atoms with Crippen LogP contribution in [0, 0.1) is 0 Å². The quantitative estimate of drug-likeness (QED) is 0.509. The number of likely N-dealkylation sites (N-methyl/N-ethyl adjacent to an activating group) is 1. The minimum Gasteiger partial charge on any atom is -0.341 e. The van der Waals surface area contributed by atoms with Gasteiger partial charge in [-0.15, -0.1) is 12.4 Å². The predicted octanol–water partition coefficient (Wildman–Crippen LogP) is 3.12. The van der Waals surface area contributed by atoms with Gasteiger partial charge in [0.2, 0.25) is 0 Å². The molecule has 2 aromatic carbocycles. The van der Waals surface area contributed by atoms with E-state index in [2.05, 4.69) is 4.98 Å². The van der Waals surface area contributed by atoms with Gasteiger partial charge in [-0.1, -0.05) is 30.3 Å². The number of aromatic nitrogens is 1. The number of pyridine rings is 1. The second-order valence-corrected chi connectivity index (χ2v) is 11.8. The number of hydrogen-bond acceptors (Lipinski definition) is 6. The highest BCUT2D eigenvalue weighted by Gasteiger charge is 2.45. The van der Waals surface area contributed by atoms with E-state index in [1.807, 2.05) is 12.1 Å². The number of carbonyl (C=O) groups is 1. The van der Waals surface area contributed by atoms with E-state index in [-0.39, 0.29) is 33.3 Å². The SMILES string of the molecule is CN(CCc1cccnc1)C(=O)c1cccc2c1C(S(=O)(=O)c1ccccc1)CS2(=O)=O.Cl. The number of nitrogens with zero attached hydrogens (tertiary/aromatic N) is 2. The lowest BCUT2D eigenvalue weighted by Gasteiger charge is -2.21. The van der Waals surface area contributed by atoms with Gasteiger partial charge in [0.15, 0.2) is 19.7 Å². The highest BCUT2D eigenvalue weighted by Crippen LogP contribution is 2.43. The van der Waals surface area contributed by atoms with E-state index in [1.165, 1.54) is 35.2 Å². The standard InChI is InChI=1S/C23H22N2O5S2.ClH/c1-25(14-12-17-7-6-13-24-15-17)23(26)19-10-5-11-20-22(19)21(16-31(20,27)28)32(29,30)18-8-3-2-4-9-18;/h2-11,13,15,21H,12,14,16H2,1H3;1H. The van der Waals surface area contributed by atoms with E-state index < -0.39 is 36.6 Å². The van der Waals surface area contributed by atoms with E-state index in [0.29, 0.717) is 13.0 Å². The molecular formula is C23H23ClN2O5S2. The van der Waals surface area contributed by atoms with Crippen LogP contribution in [0.3, 0.4) is 0 Å². The molecule has 1 aromatic heterocycles. The van der Waals surface area contributed by atoms with Crippen LogP contribution in [0.4, 0.5) is 0 Å². The van der Waals surface area contributed by atoms with Crippen molar-refractivity contribution in [2.45, 2.75) is 21.5 Å². The van der Waals surface area contributed by atoms with Crippen molar-refractivity contribution in [3.8, 4) is 0 Å². The average Bonchev–Trinajstić information content (AvgIpc) is 3.10. The van der Waals surface area contributed by atoms with Crippen molar-refractivity contribution in [1.82, 2.24) is 9.88 Å². The summed E-state index contributed by atoms with van der Waals surface area (Å²) >= 11 is 0. The van der Waals surface area contributed by atoms with Crippen LogP contribution < -0.4 is 0 Å². The van der Waals surface area contributed by atoms with Crippen molar-refractivity contribution in [2.24, 2.45) is 0 Å². The molecule has 33 heavy (non-hydrogen) atoms. The van der Waals surface area contributed by atoms with Crippen LogP contribution >= 0.6 is 12.4 Å². The Kier molecular flexibility index (Phi) is 7.26. The third-order valence-corrected chi connectivity index (χ3v) is 9.67. The predicted molar refractivity (Wildman–Crippen MR) is 127 cm³/mol. The Morgan fingerprint density at radius 2 is 1.79 bits per heavy atom. The molecule has 0 fully saturated rings. The number of amides is 1. The summed E-state index contributed by atoms with van der Waals surface area (Å²) in [5, 5.41) is -1.34. The van der Waals surface area contributed by atoms with Crippen LogP contribution in [0.2, 0.25) is 0 Å². The number of carbonyl (C=O) groups excluding carboxylic acids is 1. The van der Waals surface area contributed by atoms with Gasteiger partial charge in [-0.3, -0.25) is 9.78 Å². The number of halogens is 1. The van der Waals surface area contributed by atoms with Gasteiger partial charge in [0.25, 0.3) is 5.91 Å². The molecule has 1 unspecified atom stereocenters. The summed E-state index contributed by atoms with van der Waals surface area (Å²) in [6.45, 7) is 0.372. The molecule has 0 spiro atoms. The maximum absolute atomic E-state index is 13.3. The molecular weight excluding hydrogens is 484 g/mol. The fraction of sp³-hybridized carbons (Fsp3) is 0.217. The second-order valence-electron chi connectivity index (χ2n) is 7.68. The molecule has 4 rings (SSSR count). The molecule has 1 aliphatic rings. The Morgan fingerprint density at radius 1 is 1.06 bits per heavy atom. The molecule has 1 atom stereocenters. The first-order valence-corrected chi connectivity index (χ1v) is 13.2. The van der Waals surface area contributed by atoms with Gasteiger partial charge in [-0.25, -0.2) is 16.8 Å². The topological polar surface area (TPSA) is 101 Å². The fourth-order valence-electron chi connectivity index (χ4n) is 3.88.